The van der Waals surface area contributed by atoms with Crippen LogP contribution in [0.15, 0.2) is 95.2 Å². The Morgan fingerprint density at radius 3 is 2.18 bits per heavy atom. The Balaban J connectivity index is 1.72. The van der Waals surface area contributed by atoms with Crippen molar-refractivity contribution in [2.75, 3.05) is 0 Å². The highest BCUT2D eigenvalue weighted by Crippen LogP contribution is 2.07. The monoisotopic (exact) mass is 372 g/mol. The summed E-state index contributed by atoms with van der Waals surface area (Å²) < 4.78 is 5.22. The van der Waals surface area contributed by atoms with Gasteiger partial charge in [0.15, 0.2) is 0 Å². The maximum atomic E-state index is 12.6. The second-order valence-electron chi connectivity index (χ2n) is 5.96. The third-order valence-corrected chi connectivity index (χ3v) is 3.84. The number of carbonyl (C=O) groups is 2. The zero-order valence-electron chi connectivity index (χ0n) is 15.2. The van der Waals surface area contributed by atoms with Gasteiger partial charge in [0, 0.05) is 6.08 Å². The summed E-state index contributed by atoms with van der Waals surface area (Å²) in [5.74, 6) is -0.163. The van der Waals surface area contributed by atoms with Gasteiger partial charge in [0.05, 0.1) is 12.8 Å². The number of benzene rings is 2. The molecule has 0 bridgehead atoms. The molecule has 0 aliphatic carbocycles. The first-order valence-corrected chi connectivity index (χ1v) is 8.82. The Kier molecular flexibility index (Phi) is 6.57. The van der Waals surface area contributed by atoms with Crippen LogP contribution in [0.4, 0.5) is 0 Å². The van der Waals surface area contributed by atoms with E-state index in [1.165, 1.54) is 6.08 Å². The summed E-state index contributed by atoms with van der Waals surface area (Å²) in [6, 6.07) is 22.3. The number of hydrogen-bond donors (Lipinski definition) is 2. The van der Waals surface area contributed by atoms with Crippen molar-refractivity contribution in [2.45, 2.75) is 6.54 Å². The van der Waals surface area contributed by atoms with Gasteiger partial charge in [0.1, 0.15) is 11.5 Å². The van der Waals surface area contributed by atoms with Crippen molar-refractivity contribution in [3.63, 3.8) is 0 Å². The molecular weight excluding hydrogens is 352 g/mol. The summed E-state index contributed by atoms with van der Waals surface area (Å²) in [6.45, 7) is 0.230. The summed E-state index contributed by atoms with van der Waals surface area (Å²) in [4.78, 5) is 24.9. The molecule has 3 rings (SSSR count). The van der Waals surface area contributed by atoms with Crippen LogP contribution < -0.4 is 10.6 Å². The molecular formula is C23H20N2O3. The molecule has 1 aromatic heterocycles. The van der Waals surface area contributed by atoms with Crippen LogP contribution in [0.2, 0.25) is 0 Å². The summed E-state index contributed by atoms with van der Waals surface area (Å²) in [7, 11) is 0. The molecule has 0 aliphatic rings. The third kappa shape index (κ3) is 5.85. The summed E-state index contributed by atoms with van der Waals surface area (Å²) >= 11 is 0. The van der Waals surface area contributed by atoms with Crippen molar-refractivity contribution < 1.29 is 14.0 Å². The van der Waals surface area contributed by atoms with Gasteiger partial charge in [-0.3, -0.25) is 9.59 Å². The summed E-state index contributed by atoms with van der Waals surface area (Å²) in [5, 5.41) is 5.40. The lowest BCUT2D eigenvalue weighted by Crippen LogP contribution is -2.33. The molecule has 0 radical (unpaired) electrons. The Labute approximate surface area is 163 Å². The van der Waals surface area contributed by atoms with E-state index in [9.17, 15) is 9.59 Å². The van der Waals surface area contributed by atoms with Crippen LogP contribution in [-0.2, 0) is 16.1 Å². The Bertz CT molecular complexity index is 960. The average Bonchev–Trinajstić information content (AvgIpc) is 3.25. The second-order valence-corrected chi connectivity index (χ2v) is 5.96. The smallest absolute Gasteiger partial charge is 0.268 e. The molecule has 0 fully saturated rings. The molecule has 0 spiro atoms. The van der Waals surface area contributed by atoms with Crippen molar-refractivity contribution >= 4 is 24.0 Å². The van der Waals surface area contributed by atoms with E-state index < -0.39 is 5.91 Å². The van der Waals surface area contributed by atoms with E-state index in [1.54, 1.807) is 30.5 Å². The molecule has 0 unspecified atom stereocenters. The van der Waals surface area contributed by atoms with Crippen molar-refractivity contribution in [2.24, 2.45) is 0 Å². The van der Waals surface area contributed by atoms with Crippen molar-refractivity contribution in [1.29, 1.82) is 0 Å². The van der Waals surface area contributed by atoms with Crippen LogP contribution >= 0.6 is 0 Å². The van der Waals surface area contributed by atoms with Gasteiger partial charge < -0.3 is 15.1 Å². The van der Waals surface area contributed by atoms with E-state index in [1.807, 2.05) is 60.7 Å². The van der Waals surface area contributed by atoms with Gasteiger partial charge in [0.2, 0.25) is 5.91 Å². The predicted molar refractivity (Wildman–Crippen MR) is 109 cm³/mol. The molecule has 0 atom stereocenters. The normalized spacial score (nSPS) is 11.4. The van der Waals surface area contributed by atoms with Gasteiger partial charge in [-0.15, -0.1) is 0 Å². The van der Waals surface area contributed by atoms with Crippen LogP contribution in [0.1, 0.15) is 16.9 Å². The lowest BCUT2D eigenvalue weighted by atomic mass is 10.2. The highest BCUT2D eigenvalue weighted by Gasteiger charge is 2.12. The predicted octanol–water partition coefficient (Wildman–Crippen LogP) is 3.77. The van der Waals surface area contributed by atoms with E-state index in [4.69, 9.17) is 4.42 Å². The molecule has 0 saturated heterocycles. The second kappa shape index (κ2) is 9.73. The van der Waals surface area contributed by atoms with Crippen LogP contribution in [0.25, 0.3) is 12.2 Å². The first kappa shape index (κ1) is 18.9. The molecule has 5 heteroatoms. The molecule has 5 nitrogen and oxygen atoms in total. The van der Waals surface area contributed by atoms with Gasteiger partial charge in [0.25, 0.3) is 5.91 Å². The lowest BCUT2D eigenvalue weighted by Gasteiger charge is -2.09. The maximum Gasteiger partial charge on any atom is 0.268 e. The summed E-state index contributed by atoms with van der Waals surface area (Å²) in [5.41, 5.74) is 1.85. The van der Waals surface area contributed by atoms with Gasteiger partial charge >= 0.3 is 0 Å². The van der Waals surface area contributed by atoms with Crippen molar-refractivity contribution in [3.05, 3.63) is 108 Å². The standard InChI is InChI=1S/C23H20N2O3/c26-22(14-13-18-8-3-1-4-9-18)25-21(16-19-10-5-2-6-11-19)23(27)24-17-20-12-7-15-28-20/h1-16H,17H2,(H,24,27)(H,25,26)/b14-13+,21-16-. The molecule has 2 amide bonds. The van der Waals surface area contributed by atoms with Gasteiger partial charge in [-0.1, -0.05) is 60.7 Å². The quantitative estimate of drug-likeness (QED) is 0.620. The molecule has 2 aromatic carbocycles. The minimum Gasteiger partial charge on any atom is -0.467 e. The molecule has 3 aromatic rings. The number of hydrogen-bond acceptors (Lipinski definition) is 3. The molecule has 0 saturated carbocycles. The molecule has 28 heavy (non-hydrogen) atoms. The topological polar surface area (TPSA) is 71.3 Å². The zero-order chi connectivity index (χ0) is 19.6. The van der Waals surface area contributed by atoms with E-state index in [2.05, 4.69) is 10.6 Å². The average molecular weight is 372 g/mol. The number of rotatable bonds is 7. The maximum absolute atomic E-state index is 12.6. The van der Waals surface area contributed by atoms with E-state index in [-0.39, 0.29) is 18.1 Å². The highest BCUT2D eigenvalue weighted by atomic mass is 16.3. The minimum atomic E-state index is -0.401. The first-order chi connectivity index (χ1) is 13.7. The van der Waals surface area contributed by atoms with E-state index in [0.29, 0.717) is 5.76 Å². The number of carbonyl (C=O) groups excluding carboxylic acids is 2. The van der Waals surface area contributed by atoms with E-state index in [0.717, 1.165) is 11.1 Å². The first-order valence-electron chi connectivity index (χ1n) is 8.82. The van der Waals surface area contributed by atoms with Crippen molar-refractivity contribution in [1.82, 2.24) is 10.6 Å². The van der Waals surface area contributed by atoms with Gasteiger partial charge in [-0.25, -0.2) is 0 Å². The van der Waals surface area contributed by atoms with Crippen molar-refractivity contribution in [3.8, 4) is 0 Å². The fourth-order valence-electron chi connectivity index (χ4n) is 2.46. The summed E-state index contributed by atoms with van der Waals surface area (Å²) in [6.07, 6.45) is 6.26. The molecule has 1 heterocycles. The molecule has 0 aliphatic heterocycles. The SMILES string of the molecule is O=C(/C=C/c1ccccc1)N/C(=C\c1ccccc1)C(=O)NCc1ccco1. The number of amides is 2. The van der Waals surface area contributed by atoms with Crippen LogP contribution in [0.5, 0.6) is 0 Å². The Morgan fingerprint density at radius 1 is 0.857 bits per heavy atom. The van der Waals surface area contributed by atoms with Gasteiger partial charge in [-0.2, -0.15) is 0 Å². The fourth-order valence-corrected chi connectivity index (χ4v) is 2.46. The van der Waals surface area contributed by atoms with Gasteiger partial charge in [-0.05, 0) is 35.4 Å². The largest absolute Gasteiger partial charge is 0.467 e. The highest BCUT2D eigenvalue weighted by molar-refractivity contribution is 6.04. The molecule has 140 valence electrons. The van der Waals surface area contributed by atoms with Crippen LogP contribution in [0, 0.1) is 0 Å². The third-order valence-electron chi connectivity index (χ3n) is 3.84. The molecule has 2 N–H and O–H groups in total. The Hall–Kier alpha value is -3.86. The number of furan rings is 1. The van der Waals surface area contributed by atoms with E-state index >= 15 is 0 Å². The minimum absolute atomic E-state index is 0.153. The Morgan fingerprint density at radius 2 is 1.54 bits per heavy atom. The fraction of sp³-hybridized carbons (Fsp3) is 0.0435. The lowest BCUT2D eigenvalue weighted by molar-refractivity contribution is -0.121. The van der Waals surface area contributed by atoms with Crippen LogP contribution in [-0.4, -0.2) is 11.8 Å². The van der Waals surface area contributed by atoms with Crippen LogP contribution in [0.3, 0.4) is 0 Å². The zero-order valence-corrected chi connectivity index (χ0v) is 15.2. The number of nitrogens with one attached hydrogen (secondary N) is 2.